The molecule has 3 aliphatic rings. The summed E-state index contributed by atoms with van der Waals surface area (Å²) in [6.45, 7) is 2.98. The molecule has 0 atom stereocenters. The molecule has 164 valence electrons. The lowest BCUT2D eigenvalue weighted by Gasteiger charge is -2.30. The van der Waals surface area contributed by atoms with Gasteiger partial charge in [-0.2, -0.15) is 13.2 Å². The Labute approximate surface area is 173 Å². The second-order valence-electron chi connectivity index (χ2n) is 8.52. The van der Waals surface area contributed by atoms with Crippen molar-refractivity contribution in [2.24, 2.45) is 0 Å². The Morgan fingerprint density at radius 1 is 1.07 bits per heavy atom. The van der Waals surface area contributed by atoms with Gasteiger partial charge in [0, 0.05) is 6.07 Å². The van der Waals surface area contributed by atoms with Crippen molar-refractivity contribution in [3.63, 3.8) is 0 Å². The minimum absolute atomic E-state index is 0.0968. The summed E-state index contributed by atoms with van der Waals surface area (Å²) < 4.78 is 38.2. The molecule has 1 saturated carbocycles. The van der Waals surface area contributed by atoms with E-state index in [1.54, 1.807) is 0 Å². The van der Waals surface area contributed by atoms with Gasteiger partial charge in [-0.25, -0.2) is 14.7 Å². The van der Waals surface area contributed by atoms with Crippen molar-refractivity contribution in [1.82, 2.24) is 10.2 Å². The van der Waals surface area contributed by atoms with Crippen molar-refractivity contribution in [3.05, 3.63) is 23.9 Å². The van der Waals surface area contributed by atoms with Crippen LogP contribution in [-0.2, 0) is 11.0 Å². The molecule has 2 aliphatic heterocycles. The number of rotatable bonds is 3. The Morgan fingerprint density at radius 3 is 2.30 bits per heavy atom. The average molecular weight is 427 g/mol. The second-order valence-corrected chi connectivity index (χ2v) is 8.52. The second kappa shape index (κ2) is 8.05. The maximum atomic E-state index is 13.0. The first-order valence-corrected chi connectivity index (χ1v) is 10.6. The normalized spacial score (nSPS) is 23.0. The van der Waals surface area contributed by atoms with Gasteiger partial charge in [0.05, 0.1) is 5.56 Å². The van der Waals surface area contributed by atoms with E-state index in [-0.39, 0.29) is 11.9 Å². The summed E-state index contributed by atoms with van der Waals surface area (Å²) in [5, 5.41) is 2.97. The molecule has 0 radical (unpaired) electrons. The number of urea groups is 1. The topological polar surface area (TPSA) is 71.2 Å². The lowest BCUT2D eigenvalue weighted by molar-refractivity contribution is -0.908. The zero-order valence-electron chi connectivity index (χ0n) is 16.9. The smallest absolute Gasteiger partial charge is 0.323 e. The van der Waals surface area contributed by atoms with E-state index >= 15 is 0 Å². The van der Waals surface area contributed by atoms with Crippen molar-refractivity contribution in [2.75, 3.05) is 37.7 Å². The van der Waals surface area contributed by atoms with Crippen LogP contribution in [0.2, 0.25) is 0 Å². The predicted octanol–water partition coefficient (Wildman–Crippen LogP) is 0.827. The fourth-order valence-electron chi connectivity index (χ4n) is 4.73. The maximum Gasteiger partial charge on any atom is 0.419 e. The van der Waals surface area contributed by atoms with E-state index in [4.69, 9.17) is 0 Å². The first-order valence-electron chi connectivity index (χ1n) is 10.6. The van der Waals surface area contributed by atoms with E-state index < -0.39 is 17.3 Å². The van der Waals surface area contributed by atoms with Crippen molar-refractivity contribution < 1.29 is 32.6 Å². The molecule has 1 aromatic heterocycles. The number of anilines is 1. The molecule has 1 aliphatic carbocycles. The van der Waals surface area contributed by atoms with Crippen LogP contribution in [0.15, 0.2) is 18.3 Å². The Morgan fingerprint density at radius 2 is 1.73 bits per heavy atom. The van der Waals surface area contributed by atoms with Gasteiger partial charge in [-0.1, -0.05) is 25.7 Å². The number of alkyl halides is 3. The first kappa shape index (κ1) is 20.9. The molecule has 1 aromatic rings. The molecule has 2 saturated heterocycles. The number of halogens is 3. The number of quaternary nitrogens is 1. The standard InChI is InChI=1S/C20H26F3N5O2/c21-20(22,23)15-5-6-16(24-13-15)27-11-9-26(10-12-27)14-28-17(29)19(25-18(28)30)7-3-1-2-4-8-19/h5-6,13H,1-4,7-12,14H2,(H,25,30)/p+2. The number of hydrogen-bond acceptors (Lipinski definition) is 3. The first-order chi connectivity index (χ1) is 14.3. The Bertz CT molecular complexity index is 783. The van der Waals surface area contributed by atoms with E-state index in [1.807, 2.05) is 4.90 Å². The van der Waals surface area contributed by atoms with E-state index in [2.05, 4.69) is 10.3 Å². The van der Waals surface area contributed by atoms with E-state index in [0.29, 0.717) is 51.5 Å². The molecule has 1 spiro atoms. The summed E-state index contributed by atoms with van der Waals surface area (Å²) in [5.74, 6) is 0.537. The lowest BCUT2D eigenvalue weighted by atomic mass is 9.90. The number of carbonyl (C=O) groups excluding carboxylic acids is 2. The molecule has 0 bridgehead atoms. The summed E-state index contributed by atoms with van der Waals surface area (Å²) in [7, 11) is 0. The van der Waals surface area contributed by atoms with E-state index in [1.165, 1.54) is 11.0 Å². The van der Waals surface area contributed by atoms with Gasteiger partial charge < -0.3 is 10.2 Å². The summed E-state index contributed by atoms with van der Waals surface area (Å²) in [4.78, 5) is 32.8. The number of imide groups is 1. The molecule has 7 nitrogen and oxygen atoms in total. The summed E-state index contributed by atoms with van der Waals surface area (Å²) in [5.41, 5.74) is -1.43. The van der Waals surface area contributed by atoms with Crippen LogP contribution in [0.1, 0.15) is 44.1 Å². The molecule has 3 amide bonds. The molecule has 3 N–H and O–H groups in total. The number of hydrogen-bond donors (Lipinski definition) is 2. The molecule has 0 aromatic carbocycles. The van der Waals surface area contributed by atoms with Crippen molar-refractivity contribution in [1.29, 1.82) is 0 Å². The van der Waals surface area contributed by atoms with Crippen molar-refractivity contribution >= 4 is 17.8 Å². The van der Waals surface area contributed by atoms with Crippen LogP contribution in [0.5, 0.6) is 0 Å². The van der Waals surface area contributed by atoms with E-state index in [9.17, 15) is 22.8 Å². The van der Waals surface area contributed by atoms with Crippen LogP contribution in [0.3, 0.4) is 0 Å². The van der Waals surface area contributed by atoms with Gasteiger partial charge in [0.15, 0.2) is 6.67 Å². The van der Waals surface area contributed by atoms with Crippen LogP contribution in [-0.4, -0.2) is 55.2 Å². The molecule has 30 heavy (non-hydrogen) atoms. The van der Waals surface area contributed by atoms with Crippen LogP contribution < -0.4 is 20.1 Å². The van der Waals surface area contributed by atoms with Crippen molar-refractivity contribution in [3.8, 4) is 0 Å². The van der Waals surface area contributed by atoms with Gasteiger partial charge in [0.1, 0.15) is 37.9 Å². The molecule has 4 rings (SSSR count). The number of nitrogens with one attached hydrogen (secondary N) is 3. The Kier molecular flexibility index (Phi) is 5.61. The Hall–Kier alpha value is -2.36. The molecule has 10 heteroatoms. The molecular weight excluding hydrogens is 399 g/mol. The number of piperazine rings is 1. The third kappa shape index (κ3) is 4.10. The highest BCUT2D eigenvalue weighted by Crippen LogP contribution is 2.32. The predicted molar refractivity (Wildman–Crippen MR) is 102 cm³/mol. The zero-order valence-corrected chi connectivity index (χ0v) is 16.9. The van der Waals surface area contributed by atoms with Gasteiger partial charge in [-0.05, 0) is 18.9 Å². The number of amides is 3. The number of aromatic nitrogens is 1. The van der Waals surface area contributed by atoms with Gasteiger partial charge in [0.2, 0.25) is 0 Å². The number of carbonyl (C=O) groups is 2. The largest absolute Gasteiger partial charge is 0.419 e. The minimum atomic E-state index is -4.37. The highest BCUT2D eigenvalue weighted by Gasteiger charge is 2.52. The van der Waals surface area contributed by atoms with Crippen LogP contribution in [0.25, 0.3) is 0 Å². The molecule has 3 heterocycles. The maximum absolute atomic E-state index is 13.0. The fraction of sp³-hybridized carbons (Fsp3) is 0.650. The fourth-order valence-corrected chi connectivity index (χ4v) is 4.73. The summed E-state index contributed by atoms with van der Waals surface area (Å²) in [6.07, 6.45) is 2.13. The molecule has 3 fully saturated rings. The van der Waals surface area contributed by atoms with Crippen LogP contribution >= 0.6 is 0 Å². The minimum Gasteiger partial charge on any atom is -0.323 e. The van der Waals surface area contributed by atoms with Gasteiger partial charge in [-0.3, -0.25) is 9.69 Å². The summed E-state index contributed by atoms with van der Waals surface area (Å²) in [6, 6.07) is 2.22. The average Bonchev–Trinajstić information content (AvgIpc) is 2.88. The summed E-state index contributed by atoms with van der Waals surface area (Å²) >= 11 is 0. The number of nitrogens with zero attached hydrogens (tertiary/aromatic N) is 2. The van der Waals surface area contributed by atoms with Gasteiger partial charge in [0.25, 0.3) is 11.7 Å². The number of H-pyrrole nitrogens is 1. The van der Waals surface area contributed by atoms with Crippen molar-refractivity contribution in [2.45, 2.75) is 50.2 Å². The van der Waals surface area contributed by atoms with Gasteiger partial charge >= 0.3 is 12.2 Å². The third-order valence-electron chi connectivity index (χ3n) is 6.52. The highest BCUT2D eigenvalue weighted by molar-refractivity contribution is 6.06. The Balaban J connectivity index is 1.33. The van der Waals surface area contributed by atoms with Crippen LogP contribution in [0.4, 0.5) is 23.8 Å². The third-order valence-corrected chi connectivity index (χ3v) is 6.52. The zero-order chi connectivity index (χ0) is 21.4. The monoisotopic (exact) mass is 427 g/mol. The molecule has 0 unspecified atom stereocenters. The lowest BCUT2D eigenvalue weighted by Crippen LogP contribution is -3.16. The van der Waals surface area contributed by atoms with E-state index in [0.717, 1.165) is 42.8 Å². The highest BCUT2D eigenvalue weighted by atomic mass is 19.4. The van der Waals surface area contributed by atoms with Gasteiger partial charge in [-0.15, -0.1) is 0 Å². The molecular formula is C20H28F3N5O2+2. The SMILES string of the molecule is O=C1NC2(CCCCCC2)C(=O)N1C[NH+]1CCN(c2ccc(C(F)(F)F)c[nH+]2)CC1. The number of aromatic amines is 1. The van der Waals surface area contributed by atoms with Crippen LogP contribution in [0, 0.1) is 0 Å². The quantitative estimate of drug-likeness (QED) is 0.702. The number of pyridine rings is 1.